The molecule has 0 aromatic heterocycles. The predicted octanol–water partition coefficient (Wildman–Crippen LogP) is 4.78. The van der Waals surface area contributed by atoms with Crippen molar-refractivity contribution < 1.29 is 13.9 Å². The van der Waals surface area contributed by atoms with E-state index in [1.807, 2.05) is 0 Å². The highest BCUT2D eigenvalue weighted by Gasteiger charge is 2.40. The normalized spacial score (nSPS) is 27.6. The second kappa shape index (κ2) is 5.44. The molecule has 1 aromatic carbocycles. The van der Waals surface area contributed by atoms with E-state index >= 15 is 0 Å². The Bertz CT molecular complexity index is 474. The largest absolute Gasteiger partial charge is 0.385 e. The summed E-state index contributed by atoms with van der Waals surface area (Å²) in [6.45, 7) is 6.66. The monoisotopic (exact) mass is 282 g/mol. The SMILES string of the molecule is CCC(C)(C)C1CCC(O)(c2cc(F)ccc2F)CC1. The highest BCUT2D eigenvalue weighted by molar-refractivity contribution is 5.26. The average molecular weight is 282 g/mol. The number of halogens is 2. The highest BCUT2D eigenvalue weighted by Crippen LogP contribution is 2.47. The number of hydrogen-bond donors (Lipinski definition) is 1. The van der Waals surface area contributed by atoms with E-state index in [-0.39, 0.29) is 11.0 Å². The lowest BCUT2D eigenvalue weighted by molar-refractivity contribution is -0.0354. The second-order valence-corrected chi connectivity index (χ2v) is 6.77. The van der Waals surface area contributed by atoms with E-state index in [4.69, 9.17) is 0 Å². The third kappa shape index (κ3) is 2.88. The van der Waals surface area contributed by atoms with Crippen LogP contribution in [-0.2, 0) is 5.60 Å². The van der Waals surface area contributed by atoms with Crippen LogP contribution in [0.25, 0.3) is 0 Å². The van der Waals surface area contributed by atoms with Crippen LogP contribution in [0.4, 0.5) is 8.78 Å². The van der Waals surface area contributed by atoms with Gasteiger partial charge in [0.15, 0.2) is 0 Å². The second-order valence-electron chi connectivity index (χ2n) is 6.77. The van der Waals surface area contributed by atoms with E-state index in [0.717, 1.165) is 37.5 Å². The van der Waals surface area contributed by atoms with Gasteiger partial charge >= 0.3 is 0 Å². The van der Waals surface area contributed by atoms with Crippen molar-refractivity contribution in [3.63, 3.8) is 0 Å². The summed E-state index contributed by atoms with van der Waals surface area (Å²) in [7, 11) is 0. The van der Waals surface area contributed by atoms with Gasteiger partial charge in [-0.3, -0.25) is 0 Å². The number of hydrogen-bond acceptors (Lipinski definition) is 1. The Morgan fingerprint density at radius 2 is 1.85 bits per heavy atom. The first-order chi connectivity index (χ1) is 9.28. The van der Waals surface area contributed by atoms with E-state index in [1.165, 1.54) is 0 Å². The van der Waals surface area contributed by atoms with Gasteiger partial charge in [0.1, 0.15) is 11.6 Å². The molecule has 2 rings (SSSR count). The molecule has 1 aliphatic carbocycles. The van der Waals surface area contributed by atoms with Crippen LogP contribution in [0, 0.1) is 23.0 Å². The molecule has 0 saturated heterocycles. The molecule has 1 saturated carbocycles. The van der Waals surface area contributed by atoms with Crippen molar-refractivity contribution in [2.24, 2.45) is 11.3 Å². The minimum absolute atomic E-state index is 0.116. The molecule has 0 spiro atoms. The molecule has 0 atom stereocenters. The smallest absolute Gasteiger partial charge is 0.129 e. The summed E-state index contributed by atoms with van der Waals surface area (Å²) < 4.78 is 27.2. The molecule has 0 aliphatic heterocycles. The van der Waals surface area contributed by atoms with Crippen LogP contribution in [0.15, 0.2) is 18.2 Å². The molecular weight excluding hydrogens is 258 g/mol. The molecule has 3 heteroatoms. The summed E-state index contributed by atoms with van der Waals surface area (Å²) in [5, 5.41) is 10.7. The van der Waals surface area contributed by atoms with Gasteiger partial charge in [0.05, 0.1) is 5.60 Å². The summed E-state index contributed by atoms with van der Waals surface area (Å²) in [5.41, 5.74) is -0.862. The van der Waals surface area contributed by atoms with E-state index in [1.54, 1.807) is 0 Å². The summed E-state index contributed by atoms with van der Waals surface area (Å²) in [6, 6.07) is 3.33. The Morgan fingerprint density at radius 3 is 2.40 bits per heavy atom. The maximum atomic E-state index is 13.9. The number of rotatable bonds is 3. The van der Waals surface area contributed by atoms with Crippen molar-refractivity contribution in [1.82, 2.24) is 0 Å². The molecule has 1 aliphatic rings. The Hall–Kier alpha value is -0.960. The van der Waals surface area contributed by atoms with Crippen molar-refractivity contribution in [3.05, 3.63) is 35.4 Å². The first kappa shape index (κ1) is 15.4. The lowest BCUT2D eigenvalue weighted by Crippen LogP contribution is -2.36. The van der Waals surface area contributed by atoms with E-state index < -0.39 is 17.2 Å². The van der Waals surface area contributed by atoms with Crippen molar-refractivity contribution in [3.8, 4) is 0 Å². The molecule has 0 radical (unpaired) electrons. The Balaban J connectivity index is 2.18. The third-order valence-corrected chi connectivity index (χ3v) is 5.26. The fourth-order valence-corrected chi connectivity index (χ4v) is 3.29. The third-order valence-electron chi connectivity index (χ3n) is 5.26. The van der Waals surface area contributed by atoms with Gasteiger partial charge in [-0.1, -0.05) is 27.2 Å². The van der Waals surface area contributed by atoms with Crippen molar-refractivity contribution in [1.29, 1.82) is 0 Å². The van der Waals surface area contributed by atoms with E-state index in [9.17, 15) is 13.9 Å². The van der Waals surface area contributed by atoms with Crippen molar-refractivity contribution >= 4 is 0 Å². The van der Waals surface area contributed by atoms with Crippen LogP contribution in [0.3, 0.4) is 0 Å². The lowest BCUT2D eigenvalue weighted by Gasteiger charge is -2.42. The van der Waals surface area contributed by atoms with Gasteiger partial charge in [-0.15, -0.1) is 0 Å². The van der Waals surface area contributed by atoms with Crippen molar-refractivity contribution in [2.45, 2.75) is 58.5 Å². The summed E-state index contributed by atoms with van der Waals surface area (Å²) in [4.78, 5) is 0. The zero-order chi connectivity index (χ0) is 15.0. The molecule has 0 unspecified atom stereocenters. The first-order valence-corrected chi connectivity index (χ1v) is 7.46. The predicted molar refractivity (Wildman–Crippen MR) is 76.3 cm³/mol. The van der Waals surface area contributed by atoms with Gasteiger partial charge in [-0.05, 0) is 55.2 Å². The molecular formula is C17H24F2O. The van der Waals surface area contributed by atoms with E-state index in [0.29, 0.717) is 18.8 Å². The molecule has 0 bridgehead atoms. The highest BCUT2D eigenvalue weighted by atomic mass is 19.1. The Kier molecular flexibility index (Phi) is 4.19. The zero-order valence-corrected chi connectivity index (χ0v) is 12.5. The summed E-state index contributed by atoms with van der Waals surface area (Å²) in [6.07, 6.45) is 3.80. The zero-order valence-electron chi connectivity index (χ0n) is 12.5. The molecule has 0 amide bonds. The minimum Gasteiger partial charge on any atom is -0.385 e. The molecule has 112 valence electrons. The first-order valence-electron chi connectivity index (χ1n) is 7.46. The Morgan fingerprint density at radius 1 is 1.25 bits per heavy atom. The van der Waals surface area contributed by atoms with Gasteiger partial charge in [-0.25, -0.2) is 8.78 Å². The summed E-state index contributed by atoms with van der Waals surface area (Å²) in [5.74, 6) is -0.475. The fraction of sp³-hybridized carbons (Fsp3) is 0.647. The molecule has 0 heterocycles. The maximum absolute atomic E-state index is 13.9. The van der Waals surface area contributed by atoms with Crippen LogP contribution in [-0.4, -0.2) is 5.11 Å². The summed E-state index contributed by atoms with van der Waals surface area (Å²) >= 11 is 0. The maximum Gasteiger partial charge on any atom is 0.129 e. The van der Waals surface area contributed by atoms with Crippen LogP contribution in [0.2, 0.25) is 0 Å². The van der Waals surface area contributed by atoms with Gasteiger partial charge < -0.3 is 5.11 Å². The number of aliphatic hydroxyl groups is 1. The molecule has 1 nitrogen and oxygen atoms in total. The lowest BCUT2D eigenvalue weighted by atomic mass is 9.65. The van der Waals surface area contributed by atoms with Gasteiger partial charge in [0, 0.05) is 5.56 Å². The fourth-order valence-electron chi connectivity index (χ4n) is 3.29. The Labute approximate surface area is 120 Å². The molecule has 1 fully saturated rings. The van der Waals surface area contributed by atoms with Gasteiger partial charge in [-0.2, -0.15) is 0 Å². The standard InChI is InChI=1S/C17H24F2O/c1-4-16(2,3)12-7-9-17(20,10-8-12)14-11-13(18)5-6-15(14)19/h5-6,11-12,20H,4,7-10H2,1-3H3. The van der Waals surface area contributed by atoms with Crippen LogP contribution in [0.1, 0.15) is 58.4 Å². The molecule has 20 heavy (non-hydrogen) atoms. The minimum atomic E-state index is -1.22. The van der Waals surface area contributed by atoms with Crippen LogP contribution in [0.5, 0.6) is 0 Å². The van der Waals surface area contributed by atoms with Crippen LogP contribution < -0.4 is 0 Å². The van der Waals surface area contributed by atoms with E-state index in [2.05, 4.69) is 20.8 Å². The number of benzene rings is 1. The average Bonchev–Trinajstić information content (AvgIpc) is 2.42. The van der Waals surface area contributed by atoms with Crippen molar-refractivity contribution in [2.75, 3.05) is 0 Å². The quantitative estimate of drug-likeness (QED) is 0.846. The molecule has 1 N–H and O–H groups in total. The van der Waals surface area contributed by atoms with Gasteiger partial charge in [0.2, 0.25) is 0 Å². The topological polar surface area (TPSA) is 20.2 Å². The molecule has 1 aromatic rings. The van der Waals surface area contributed by atoms with Crippen LogP contribution >= 0.6 is 0 Å². The van der Waals surface area contributed by atoms with Gasteiger partial charge in [0.25, 0.3) is 0 Å².